The Kier molecular flexibility index (Phi) is 4.14. The average molecular weight is 244 g/mol. The molecule has 1 rings (SSSR count). The number of rotatable bonds is 4. The van der Waals surface area contributed by atoms with Crippen LogP contribution in [-0.2, 0) is 9.59 Å². The first-order valence-corrected chi connectivity index (χ1v) is 6.12. The number of ketones is 1. The summed E-state index contributed by atoms with van der Waals surface area (Å²) in [6, 6.07) is 0. The van der Waals surface area contributed by atoms with Crippen LogP contribution in [0.4, 0.5) is 0 Å². The lowest BCUT2D eigenvalue weighted by atomic mass is 9.70. The Bertz CT molecular complexity index is 336. The lowest BCUT2D eigenvalue weighted by molar-refractivity contribution is -0.142. The van der Waals surface area contributed by atoms with Gasteiger partial charge in [0.2, 0.25) is 5.91 Å². The van der Waals surface area contributed by atoms with Gasteiger partial charge in [0.1, 0.15) is 5.41 Å². The molecule has 0 radical (unpaired) electrons. The molecule has 0 fully saturated rings. The molecule has 3 nitrogen and oxygen atoms in total. The van der Waals surface area contributed by atoms with Crippen molar-refractivity contribution in [2.75, 3.05) is 5.88 Å². The van der Waals surface area contributed by atoms with Gasteiger partial charge in [-0.3, -0.25) is 9.59 Å². The number of hydrogen-bond donors (Lipinski definition) is 1. The molecule has 0 spiro atoms. The average Bonchev–Trinajstić information content (AvgIpc) is 2.24. The molecular weight excluding hydrogens is 226 g/mol. The second-order valence-electron chi connectivity index (χ2n) is 4.64. The van der Waals surface area contributed by atoms with E-state index < -0.39 is 5.41 Å². The number of hydrogen-bond acceptors (Lipinski definition) is 2. The highest BCUT2D eigenvalue weighted by atomic mass is 35.5. The van der Waals surface area contributed by atoms with Gasteiger partial charge < -0.3 is 5.32 Å². The van der Waals surface area contributed by atoms with Crippen molar-refractivity contribution < 1.29 is 9.59 Å². The number of nitrogens with one attached hydrogen (secondary N) is 1. The monoisotopic (exact) mass is 243 g/mol. The summed E-state index contributed by atoms with van der Waals surface area (Å²) in [5.74, 6) is 0.147. The van der Waals surface area contributed by atoms with Gasteiger partial charge in [-0.1, -0.05) is 20.8 Å². The molecule has 90 valence electrons. The number of carbonyl (C=O) groups is 2. The summed E-state index contributed by atoms with van der Waals surface area (Å²) in [7, 11) is 0. The first-order chi connectivity index (χ1) is 7.47. The van der Waals surface area contributed by atoms with E-state index in [1.54, 1.807) is 0 Å². The summed E-state index contributed by atoms with van der Waals surface area (Å²) in [5.41, 5.74) is -0.406. The number of alkyl halides is 1. The molecule has 1 N–H and O–H groups in total. The van der Waals surface area contributed by atoms with Crippen LogP contribution in [0.2, 0.25) is 0 Å². The fourth-order valence-electron chi connectivity index (χ4n) is 2.21. The van der Waals surface area contributed by atoms with Crippen molar-refractivity contribution in [3.63, 3.8) is 0 Å². The molecule has 1 aliphatic heterocycles. The topological polar surface area (TPSA) is 46.2 Å². The number of allylic oxidation sites excluding steroid dienone is 1. The SMILES string of the molecule is CCC1(CC(C)C)C(=O)NC=C(CCl)C1=O. The lowest BCUT2D eigenvalue weighted by Gasteiger charge is -2.34. The van der Waals surface area contributed by atoms with Gasteiger partial charge in [-0.25, -0.2) is 0 Å². The Hall–Kier alpha value is -0.830. The van der Waals surface area contributed by atoms with Gasteiger partial charge in [0, 0.05) is 11.8 Å². The van der Waals surface area contributed by atoms with Crippen molar-refractivity contribution in [2.45, 2.75) is 33.6 Å². The summed E-state index contributed by atoms with van der Waals surface area (Å²) in [6.07, 6.45) is 2.53. The van der Waals surface area contributed by atoms with E-state index >= 15 is 0 Å². The van der Waals surface area contributed by atoms with Gasteiger partial charge in [0.15, 0.2) is 5.78 Å². The summed E-state index contributed by atoms with van der Waals surface area (Å²) in [4.78, 5) is 24.2. The molecule has 1 aliphatic rings. The number of Topliss-reactive ketones (excluding diaryl/α,β-unsaturated/α-hetero) is 1. The van der Waals surface area contributed by atoms with Crippen LogP contribution in [0.5, 0.6) is 0 Å². The van der Waals surface area contributed by atoms with Crippen molar-refractivity contribution in [1.82, 2.24) is 5.32 Å². The third-order valence-corrected chi connectivity index (χ3v) is 3.33. The maximum atomic E-state index is 12.2. The van der Waals surface area contributed by atoms with Crippen LogP contribution < -0.4 is 5.32 Å². The van der Waals surface area contributed by atoms with Crippen molar-refractivity contribution in [3.8, 4) is 0 Å². The second kappa shape index (κ2) is 5.00. The zero-order valence-corrected chi connectivity index (χ0v) is 10.7. The quantitative estimate of drug-likeness (QED) is 0.608. The molecule has 0 saturated carbocycles. The van der Waals surface area contributed by atoms with E-state index in [9.17, 15) is 9.59 Å². The minimum atomic E-state index is -0.910. The van der Waals surface area contributed by atoms with Gasteiger partial charge in [0.25, 0.3) is 0 Å². The maximum absolute atomic E-state index is 12.2. The van der Waals surface area contributed by atoms with Crippen molar-refractivity contribution >= 4 is 23.3 Å². The third kappa shape index (κ3) is 2.14. The fourth-order valence-corrected chi connectivity index (χ4v) is 2.41. The summed E-state index contributed by atoms with van der Waals surface area (Å²) < 4.78 is 0. The minimum Gasteiger partial charge on any atom is -0.331 e. The molecule has 4 heteroatoms. The Balaban J connectivity index is 3.11. The van der Waals surface area contributed by atoms with E-state index in [0.29, 0.717) is 24.3 Å². The van der Waals surface area contributed by atoms with Gasteiger partial charge in [-0.2, -0.15) is 0 Å². The fraction of sp³-hybridized carbons (Fsp3) is 0.667. The molecule has 0 aromatic rings. The molecule has 0 bridgehead atoms. The predicted molar refractivity (Wildman–Crippen MR) is 64.1 cm³/mol. The normalized spacial score (nSPS) is 25.7. The van der Waals surface area contributed by atoms with Crippen LogP contribution in [-0.4, -0.2) is 17.6 Å². The lowest BCUT2D eigenvalue weighted by Crippen LogP contribution is -2.50. The van der Waals surface area contributed by atoms with Crippen molar-refractivity contribution in [2.24, 2.45) is 11.3 Å². The van der Waals surface area contributed by atoms with Crippen molar-refractivity contribution in [3.05, 3.63) is 11.8 Å². The molecule has 1 amide bonds. The highest BCUT2D eigenvalue weighted by Crippen LogP contribution is 2.36. The van der Waals surface area contributed by atoms with Gasteiger partial charge in [-0.05, 0) is 18.8 Å². The minimum absolute atomic E-state index is 0.109. The smallest absolute Gasteiger partial charge is 0.237 e. The molecule has 0 aliphatic carbocycles. The van der Waals surface area contributed by atoms with Gasteiger partial charge in [-0.15, -0.1) is 11.6 Å². The molecule has 1 heterocycles. The predicted octanol–water partition coefficient (Wildman–Crippen LogP) is 2.25. The number of carbonyl (C=O) groups excluding carboxylic acids is 2. The maximum Gasteiger partial charge on any atom is 0.237 e. The van der Waals surface area contributed by atoms with E-state index in [0.717, 1.165) is 0 Å². The Morgan fingerprint density at radius 2 is 2.06 bits per heavy atom. The number of amides is 1. The standard InChI is InChI=1S/C12H18ClNO2/c1-4-12(5-8(2)3)10(15)9(6-13)7-14-11(12)16/h7-8H,4-6H2,1-3H3,(H,14,16). The highest BCUT2D eigenvalue weighted by Gasteiger charge is 2.47. The van der Waals surface area contributed by atoms with E-state index in [1.807, 2.05) is 20.8 Å². The summed E-state index contributed by atoms with van der Waals surface area (Å²) >= 11 is 5.70. The van der Waals surface area contributed by atoms with Gasteiger partial charge >= 0.3 is 0 Å². The zero-order chi connectivity index (χ0) is 12.3. The van der Waals surface area contributed by atoms with Crippen LogP contribution in [0.15, 0.2) is 11.8 Å². The van der Waals surface area contributed by atoms with Crippen molar-refractivity contribution in [1.29, 1.82) is 0 Å². The Morgan fingerprint density at radius 1 is 1.44 bits per heavy atom. The number of halogens is 1. The first kappa shape index (κ1) is 13.2. The van der Waals surface area contributed by atoms with E-state index in [2.05, 4.69) is 5.32 Å². The third-order valence-electron chi connectivity index (χ3n) is 3.04. The molecule has 0 aromatic carbocycles. The highest BCUT2D eigenvalue weighted by molar-refractivity contribution is 6.26. The molecule has 0 aromatic heterocycles. The largest absolute Gasteiger partial charge is 0.331 e. The second-order valence-corrected chi connectivity index (χ2v) is 4.91. The molecule has 16 heavy (non-hydrogen) atoms. The molecular formula is C12H18ClNO2. The van der Waals surface area contributed by atoms with E-state index in [4.69, 9.17) is 11.6 Å². The summed E-state index contributed by atoms with van der Waals surface area (Å²) in [5, 5.41) is 2.65. The first-order valence-electron chi connectivity index (χ1n) is 5.58. The van der Waals surface area contributed by atoms with Crippen LogP contribution >= 0.6 is 11.6 Å². The van der Waals surface area contributed by atoms with Crippen LogP contribution in [0, 0.1) is 11.3 Å². The van der Waals surface area contributed by atoms with E-state index in [-0.39, 0.29) is 17.6 Å². The molecule has 0 saturated heterocycles. The summed E-state index contributed by atoms with van der Waals surface area (Å²) in [6.45, 7) is 5.89. The Labute approximate surface area is 101 Å². The van der Waals surface area contributed by atoms with E-state index in [1.165, 1.54) is 6.20 Å². The molecule has 1 atom stereocenters. The zero-order valence-electron chi connectivity index (χ0n) is 9.97. The van der Waals surface area contributed by atoms with Gasteiger partial charge in [0.05, 0.1) is 5.88 Å². The van der Waals surface area contributed by atoms with Crippen LogP contribution in [0.25, 0.3) is 0 Å². The Morgan fingerprint density at radius 3 is 2.50 bits per heavy atom. The van der Waals surface area contributed by atoms with Crippen LogP contribution in [0.1, 0.15) is 33.6 Å². The van der Waals surface area contributed by atoms with Crippen LogP contribution in [0.3, 0.4) is 0 Å². The molecule has 1 unspecified atom stereocenters.